The molecular weight excluding hydrogens is 1540 g/mol. The van der Waals surface area contributed by atoms with Crippen LogP contribution in [0, 0.1) is 17.8 Å². The lowest BCUT2D eigenvalue weighted by Crippen LogP contribution is -2.66. The molecule has 0 aromatic carbocycles. The van der Waals surface area contributed by atoms with Crippen LogP contribution in [-0.2, 0) is 95.9 Å². The molecule has 11 unspecified atom stereocenters. The fourth-order valence-electron chi connectivity index (χ4n) is 11.6. The predicted molar refractivity (Wildman–Crippen MR) is 431 cm³/mol. The summed E-state index contributed by atoms with van der Waals surface area (Å²) in [5.74, 6) is -16.9. The lowest BCUT2D eigenvalue weighted by Gasteiger charge is -2.36. The summed E-state index contributed by atoms with van der Waals surface area (Å²) in [6, 6.07) is -12.8. The van der Waals surface area contributed by atoms with Crippen LogP contribution in [0.25, 0.3) is 0 Å². The zero-order valence-electron chi connectivity index (χ0n) is 73.2. The molecule has 1 rings (SSSR count). The molecule has 0 bridgehead atoms. The Kier molecular flexibility index (Phi) is 40.0. The van der Waals surface area contributed by atoms with Gasteiger partial charge >= 0.3 is 0 Å². The molecule has 0 aromatic heterocycles. The fraction of sp³-hybridized carbons (Fsp3) is 0.740. The molecule has 0 spiro atoms. The molecule has 118 heavy (non-hydrogen) atoms. The highest BCUT2D eigenvalue weighted by atomic mass is 16.3. The van der Waals surface area contributed by atoms with Crippen LogP contribution in [0.2, 0.25) is 0 Å². The van der Waals surface area contributed by atoms with Gasteiger partial charge in [0.2, 0.25) is 118 Å². The third-order valence-electron chi connectivity index (χ3n) is 19.5. The van der Waals surface area contributed by atoms with Crippen LogP contribution in [0.4, 0.5) is 0 Å². The van der Waals surface area contributed by atoms with Crippen molar-refractivity contribution in [2.75, 3.05) is 19.7 Å². The van der Waals surface area contributed by atoms with E-state index in [9.17, 15) is 101 Å². The second-order valence-electron chi connectivity index (χ2n) is 34.8. The normalized spacial score (nSPS) is 16.0. The van der Waals surface area contributed by atoms with E-state index in [4.69, 9.17) is 11.5 Å². The van der Waals surface area contributed by atoms with Gasteiger partial charge in [-0.05, 0) is 180 Å². The zero-order valence-corrected chi connectivity index (χ0v) is 73.2. The van der Waals surface area contributed by atoms with Crippen LogP contribution in [0.15, 0.2) is 0 Å². The van der Waals surface area contributed by atoms with E-state index in [1.807, 2.05) is 0 Å². The third-order valence-corrected chi connectivity index (χ3v) is 19.5. The summed E-state index contributed by atoms with van der Waals surface area (Å²) in [5, 5.41) is 52.9. The number of nitrogens with zero attached hydrogens (tertiary/aromatic N) is 1. The van der Waals surface area contributed by atoms with Crippen molar-refractivity contribution >= 4 is 118 Å². The maximum absolute atomic E-state index is 14.3. The van der Waals surface area contributed by atoms with Gasteiger partial charge in [-0.3, -0.25) is 95.9 Å². The minimum atomic E-state index is -1.84. The number of carbonyl (C=O) groups excluding carboxylic acids is 20. The Bertz CT molecular complexity index is 3710. The Labute approximate surface area is 690 Å². The number of aliphatic hydroxyl groups is 1. The predicted octanol–water partition coefficient (Wildman–Crippen LogP) is -4.52. The van der Waals surface area contributed by atoms with Crippen LogP contribution in [0.3, 0.4) is 0 Å². The van der Waals surface area contributed by atoms with Crippen molar-refractivity contribution in [3.63, 3.8) is 0 Å². The average Bonchev–Trinajstić information content (AvgIpc) is 1.56. The Balaban J connectivity index is 3.09. The van der Waals surface area contributed by atoms with Gasteiger partial charge in [-0.2, -0.15) is 0 Å². The SMILES string of the molecule is CCC(C)(NC(=O)C(C)(C)NC(=O)C(CC(C)C)NC(=O)C1CCCN1C(=O)C(C)(C)NC(=O)C(C)NC(=O)C(C)NC(=O)C(C)NC(=O)C(C)(C)NC(=O)C(C)NC(=O)C(CCC(N)=O)NC(=O)C(C)(C)NC(=O)C(CC(C)C)NC(=O)C(C)(C)NC(=O)CNC(=O)C(C)(C)NC(C)=O)C(=O)NC(CCC(N)=O)C(=O)NC(CO)C(C)C. The second kappa shape index (κ2) is 44.8. The third kappa shape index (κ3) is 33.8. The molecule has 1 aliphatic heterocycles. The summed E-state index contributed by atoms with van der Waals surface area (Å²) >= 11 is 0. The first-order valence-corrected chi connectivity index (χ1v) is 39.6. The van der Waals surface area contributed by atoms with Crippen LogP contribution >= 0.6 is 0 Å². The molecule has 668 valence electrons. The topological polar surface area (TPSA) is 621 Å². The maximum atomic E-state index is 14.3. The van der Waals surface area contributed by atoms with E-state index in [1.54, 1.807) is 48.5 Å². The van der Waals surface area contributed by atoms with Gasteiger partial charge in [-0.1, -0.05) is 48.5 Å². The van der Waals surface area contributed by atoms with E-state index in [0.29, 0.717) is 6.42 Å². The molecule has 41 nitrogen and oxygen atoms in total. The van der Waals surface area contributed by atoms with E-state index in [1.165, 1.54) is 130 Å². The smallest absolute Gasteiger partial charge is 0.248 e. The highest BCUT2D eigenvalue weighted by molar-refractivity contribution is 6.03. The molecule has 0 saturated carbocycles. The molecule has 41 heteroatoms. The molecule has 1 aliphatic rings. The molecule has 1 heterocycles. The fourth-order valence-corrected chi connectivity index (χ4v) is 11.6. The Hall–Kier alpha value is -10.6. The molecule has 11 atom stereocenters. The minimum Gasteiger partial charge on any atom is -0.394 e. The van der Waals surface area contributed by atoms with Gasteiger partial charge < -0.3 is 112 Å². The van der Waals surface area contributed by atoms with Crippen LogP contribution in [0.5, 0.6) is 0 Å². The van der Waals surface area contributed by atoms with Gasteiger partial charge in [0.15, 0.2) is 0 Å². The Morgan fingerprint density at radius 2 is 0.763 bits per heavy atom. The molecule has 20 amide bonds. The van der Waals surface area contributed by atoms with Crippen LogP contribution in [0.1, 0.15) is 231 Å². The van der Waals surface area contributed by atoms with Gasteiger partial charge in [0.05, 0.1) is 19.2 Å². The minimum absolute atomic E-state index is 0.0139. The quantitative estimate of drug-likeness (QED) is 0.0273. The molecule has 1 saturated heterocycles. The molecule has 22 N–H and O–H groups in total. The van der Waals surface area contributed by atoms with E-state index in [-0.39, 0.29) is 62.8 Å². The van der Waals surface area contributed by atoms with E-state index in [0.717, 1.165) is 0 Å². The number of hydrogen-bond acceptors (Lipinski definition) is 21. The first-order valence-electron chi connectivity index (χ1n) is 39.6. The van der Waals surface area contributed by atoms with Crippen molar-refractivity contribution in [2.45, 2.75) is 330 Å². The number of rotatable bonds is 47. The number of likely N-dealkylation sites (tertiary alicyclic amines) is 1. The Morgan fingerprint density at radius 3 is 1.19 bits per heavy atom. The summed E-state index contributed by atoms with van der Waals surface area (Å²) in [6.07, 6.45) is -0.731. The van der Waals surface area contributed by atoms with Crippen molar-refractivity contribution in [1.29, 1.82) is 0 Å². The van der Waals surface area contributed by atoms with E-state index >= 15 is 0 Å². The molecule has 0 aromatic rings. The second-order valence-corrected chi connectivity index (χ2v) is 34.8. The summed E-state index contributed by atoms with van der Waals surface area (Å²) < 4.78 is 0. The van der Waals surface area contributed by atoms with Crippen molar-refractivity contribution in [2.24, 2.45) is 29.2 Å². The number of aliphatic hydroxyl groups excluding tert-OH is 1. The first-order chi connectivity index (χ1) is 53.8. The highest BCUT2D eigenvalue weighted by Crippen LogP contribution is 2.24. The van der Waals surface area contributed by atoms with Crippen LogP contribution < -0.4 is 102 Å². The molecule has 0 radical (unpaired) electrons. The largest absolute Gasteiger partial charge is 0.394 e. The van der Waals surface area contributed by atoms with Crippen molar-refractivity contribution in [3.05, 3.63) is 0 Å². The van der Waals surface area contributed by atoms with Gasteiger partial charge in [-0.15, -0.1) is 0 Å². The summed E-state index contributed by atoms with van der Waals surface area (Å²) in [6.45, 7) is 35.1. The number of carbonyl (C=O) groups is 20. The van der Waals surface area contributed by atoms with E-state index in [2.05, 4.69) is 90.4 Å². The van der Waals surface area contributed by atoms with Crippen LogP contribution in [-0.4, -0.2) is 247 Å². The van der Waals surface area contributed by atoms with Gasteiger partial charge in [0.1, 0.15) is 93.1 Å². The number of amides is 20. The molecule has 1 fully saturated rings. The maximum Gasteiger partial charge on any atom is 0.248 e. The first kappa shape index (κ1) is 105. The number of primary amides is 2. The molecule has 0 aliphatic carbocycles. The highest BCUT2D eigenvalue weighted by Gasteiger charge is 2.47. The summed E-state index contributed by atoms with van der Waals surface area (Å²) in [5.41, 5.74) is -1.08. The van der Waals surface area contributed by atoms with Gasteiger partial charge in [-0.25, -0.2) is 0 Å². The van der Waals surface area contributed by atoms with Gasteiger partial charge in [0.25, 0.3) is 0 Å². The summed E-state index contributed by atoms with van der Waals surface area (Å²) in [4.78, 5) is 269. The number of hydrogen-bond donors (Lipinski definition) is 20. The Morgan fingerprint density at radius 1 is 0.398 bits per heavy atom. The van der Waals surface area contributed by atoms with Gasteiger partial charge in [0, 0.05) is 26.3 Å². The average molecular weight is 1680 g/mol. The van der Waals surface area contributed by atoms with Crippen molar-refractivity contribution < 1.29 is 101 Å². The summed E-state index contributed by atoms with van der Waals surface area (Å²) in [7, 11) is 0. The zero-order chi connectivity index (χ0) is 91.6. The van der Waals surface area contributed by atoms with E-state index < -0.39 is 243 Å². The van der Waals surface area contributed by atoms with Crippen molar-refractivity contribution in [1.82, 2.24) is 95.3 Å². The lowest BCUT2D eigenvalue weighted by molar-refractivity contribution is -0.145. The standard InChI is InChI=1S/C77H134N20O21/c1-26-77(25,69(117)88-47(30-32-53(79)101)60(108)86-50(37-98)40(6)7)96-68(116)75(21,22)95-61(109)48(34-38(2)3)85-63(111)51-28-27-33-97(51)70(118)76(23,24)93-58(106)43(10)82-55(103)41(8)81-56(104)42(9)84-65(113)73(17,18)92-57(105)44(11)83-59(107)46(29-31-52(78)100)87-67(115)74(19,20)94-62(110)49(35-39(4)5)89-66(114)72(15,16)91-54(102)36-80-64(112)71(13,14)90-45(12)99/h38-44,46-51,98H,26-37H2,1-25H3,(H2,78,100)(H2,79,101)(H,80,112)(H,81,104)(H,82,103)(H,83,107)(H,84,113)(H,85,111)(H,86,108)(H,87,115)(H,88,117)(H,89,114)(H,90,99)(H,91,102)(H,92,105)(H,93,106)(H,94,110)(H,95,109)(H,96,116). The number of nitrogens with two attached hydrogens (primary N) is 2. The lowest BCUT2D eigenvalue weighted by atomic mass is 9.93. The molecular formula is C77H134N20O21. The number of nitrogens with one attached hydrogen (secondary N) is 17. The monoisotopic (exact) mass is 1680 g/mol. The van der Waals surface area contributed by atoms with Crippen molar-refractivity contribution in [3.8, 4) is 0 Å².